The standard InChI is InChI=1S/CH4.4ClH.Li.Ti.H/h1H4;4*1H;;;. The van der Waals surface area contributed by atoms with Crippen molar-refractivity contribution in [3.05, 3.63) is 0 Å². The van der Waals surface area contributed by atoms with Gasteiger partial charge in [0.25, 0.3) is 0 Å². The third kappa shape index (κ3) is 58.1. The Morgan fingerprint density at radius 1 is 0.571 bits per heavy atom. The van der Waals surface area contributed by atoms with Crippen molar-refractivity contribution in [3.63, 3.8) is 0 Å². The van der Waals surface area contributed by atoms with Crippen molar-refractivity contribution in [1.82, 2.24) is 0 Å². The molecule has 0 atom stereocenters. The second kappa shape index (κ2) is 77.4. The van der Waals surface area contributed by atoms with E-state index in [0.29, 0.717) is 0 Å². The van der Waals surface area contributed by atoms with Crippen LogP contribution in [0.25, 0.3) is 0 Å². The molecule has 0 unspecified atom stereocenters. The molecule has 0 saturated heterocycles. The Morgan fingerprint density at radius 3 is 0.571 bits per heavy atom. The van der Waals surface area contributed by atoms with Crippen LogP contribution in [0.15, 0.2) is 0 Å². The maximum Gasteiger partial charge on any atom is 0 e. The Morgan fingerprint density at radius 2 is 0.571 bits per heavy atom. The number of hydrogen-bond donors (Lipinski definition) is 0. The molecule has 0 aliphatic heterocycles. The monoisotopic (exact) mass is 216 g/mol. The van der Waals surface area contributed by atoms with E-state index in [1.54, 1.807) is 0 Å². The molecular weight excluding hydrogens is 209 g/mol. The minimum absolute atomic E-state index is 0. The number of hydrogen-bond acceptors (Lipinski definition) is 0. The van der Waals surface area contributed by atoms with Crippen LogP contribution < -0.4 is 0 Å². The summed E-state index contributed by atoms with van der Waals surface area (Å²) in [6, 6.07) is 0. The first kappa shape index (κ1) is 111. The van der Waals surface area contributed by atoms with Crippen molar-refractivity contribution in [1.29, 1.82) is 0 Å². The molecule has 7 heavy (non-hydrogen) atoms. The molecule has 0 bridgehead atoms. The van der Waals surface area contributed by atoms with E-state index in [2.05, 4.69) is 0 Å². The van der Waals surface area contributed by atoms with Crippen LogP contribution in [0, 0.1) is 0 Å². The summed E-state index contributed by atoms with van der Waals surface area (Å²) in [6.07, 6.45) is 0. The summed E-state index contributed by atoms with van der Waals surface area (Å²) >= 11 is 0. The smallest absolute Gasteiger partial charge is 0 e. The fraction of sp³-hybridized carbons (Fsp3) is 1.00. The summed E-state index contributed by atoms with van der Waals surface area (Å²) in [5.41, 5.74) is 0. The average Bonchev–Trinajstić information content (AvgIpc) is 0. The quantitative estimate of drug-likeness (QED) is 0.542. The molecule has 0 aromatic carbocycles. The SMILES string of the molecule is C.Cl.Cl.Cl.Cl.[LiH].[Ti]. The van der Waals surface area contributed by atoms with Crippen LogP contribution in [0.1, 0.15) is 7.43 Å². The Labute approximate surface area is 96.7 Å². The number of rotatable bonds is 0. The second-order valence-corrected chi connectivity index (χ2v) is 0. The molecule has 46 valence electrons. The minimum Gasteiger partial charge on any atom is 0 e. The average molecular weight is 218 g/mol. The van der Waals surface area contributed by atoms with Crippen LogP contribution in [-0.2, 0) is 21.7 Å². The zero-order valence-electron chi connectivity index (χ0n) is 2.13. The maximum absolute atomic E-state index is 0. The van der Waals surface area contributed by atoms with Crippen LogP contribution in [0.4, 0.5) is 0 Å². The van der Waals surface area contributed by atoms with Crippen LogP contribution in [-0.4, -0.2) is 18.9 Å². The first-order valence-electron chi connectivity index (χ1n) is 0. The normalized spacial score (nSPS) is 0. The Balaban J connectivity index is 0. The molecule has 0 aliphatic rings. The van der Waals surface area contributed by atoms with E-state index in [1.807, 2.05) is 0 Å². The molecule has 0 aromatic heterocycles. The van der Waals surface area contributed by atoms with Crippen molar-refractivity contribution < 1.29 is 21.7 Å². The summed E-state index contributed by atoms with van der Waals surface area (Å²) in [4.78, 5) is 0. The third-order valence-electron chi connectivity index (χ3n) is 0. The largest absolute Gasteiger partial charge is 0 e. The first-order chi connectivity index (χ1) is 0. The van der Waals surface area contributed by atoms with Crippen LogP contribution in [0.3, 0.4) is 0 Å². The van der Waals surface area contributed by atoms with E-state index < -0.39 is 0 Å². The van der Waals surface area contributed by atoms with Crippen molar-refractivity contribution >= 4 is 68.5 Å². The third-order valence-corrected chi connectivity index (χ3v) is 0. The summed E-state index contributed by atoms with van der Waals surface area (Å²) in [6.45, 7) is 0. The van der Waals surface area contributed by atoms with E-state index in [1.165, 1.54) is 0 Å². The van der Waals surface area contributed by atoms with Crippen molar-refractivity contribution in [2.24, 2.45) is 0 Å². The summed E-state index contributed by atoms with van der Waals surface area (Å²) in [7, 11) is 0. The molecule has 0 aromatic rings. The van der Waals surface area contributed by atoms with Gasteiger partial charge in [0.2, 0.25) is 0 Å². The predicted molar refractivity (Wildman–Crippen MR) is 42.9 cm³/mol. The van der Waals surface area contributed by atoms with Gasteiger partial charge in [0.1, 0.15) is 0 Å². The zero-order chi connectivity index (χ0) is 0. The Kier molecular flexibility index (Phi) is 1230. The molecule has 0 radical (unpaired) electrons. The Bertz CT molecular complexity index is 11.7. The summed E-state index contributed by atoms with van der Waals surface area (Å²) in [5.74, 6) is 0. The second-order valence-electron chi connectivity index (χ2n) is 0. The molecule has 0 saturated carbocycles. The topological polar surface area (TPSA) is 0 Å². The van der Waals surface area contributed by atoms with Gasteiger partial charge in [-0.05, 0) is 0 Å². The summed E-state index contributed by atoms with van der Waals surface area (Å²) < 4.78 is 0. The minimum atomic E-state index is 0. The van der Waals surface area contributed by atoms with Crippen LogP contribution >= 0.6 is 49.6 Å². The van der Waals surface area contributed by atoms with E-state index in [9.17, 15) is 0 Å². The van der Waals surface area contributed by atoms with Gasteiger partial charge in [0.15, 0.2) is 0 Å². The van der Waals surface area contributed by atoms with E-state index in [-0.39, 0.29) is 97.6 Å². The van der Waals surface area contributed by atoms with Crippen LogP contribution in [0.5, 0.6) is 0 Å². The molecule has 0 amide bonds. The van der Waals surface area contributed by atoms with Gasteiger partial charge in [-0.25, -0.2) is 0 Å². The number of halogens is 4. The molecule has 0 N–H and O–H groups in total. The van der Waals surface area contributed by atoms with Crippen LogP contribution in [0.2, 0.25) is 0 Å². The molecule has 0 spiro atoms. The molecule has 0 heterocycles. The van der Waals surface area contributed by atoms with Gasteiger partial charge < -0.3 is 0 Å². The fourth-order valence-electron chi connectivity index (χ4n) is 0. The predicted octanol–water partition coefficient (Wildman–Crippen LogP) is 1.67. The van der Waals surface area contributed by atoms with Gasteiger partial charge >= 0.3 is 18.9 Å². The van der Waals surface area contributed by atoms with Crippen molar-refractivity contribution in [3.8, 4) is 0 Å². The molecule has 0 fully saturated rings. The zero-order valence-corrected chi connectivity index (χ0v) is 6.96. The Hall–Kier alpha value is 2.47. The van der Waals surface area contributed by atoms with E-state index in [4.69, 9.17) is 0 Å². The maximum atomic E-state index is 0. The van der Waals surface area contributed by atoms with Gasteiger partial charge in [0.05, 0.1) is 0 Å². The molecule has 0 aliphatic carbocycles. The molecule has 0 nitrogen and oxygen atoms in total. The van der Waals surface area contributed by atoms with Crippen molar-refractivity contribution in [2.75, 3.05) is 0 Å². The van der Waals surface area contributed by atoms with Gasteiger partial charge in [-0.15, -0.1) is 49.6 Å². The van der Waals surface area contributed by atoms with E-state index in [0.717, 1.165) is 0 Å². The first-order valence-corrected chi connectivity index (χ1v) is 0. The van der Waals surface area contributed by atoms with Gasteiger partial charge in [-0.3, -0.25) is 0 Å². The van der Waals surface area contributed by atoms with Gasteiger partial charge in [0, 0.05) is 21.7 Å². The van der Waals surface area contributed by atoms with Gasteiger partial charge in [-0.1, -0.05) is 7.43 Å². The van der Waals surface area contributed by atoms with Crippen molar-refractivity contribution in [2.45, 2.75) is 7.43 Å². The van der Waals surface area contributed by atoms with Gasteiger partial charge in [-0.2, -0.15) is 0 Å². The fourth-order valence-corrected chi connectivity index (χ4v) is 0. The van der Waals surface area contributed by atoms with E-state index >= 15 is 0 Å². The molecular formula is CH9Cl4LiTi. The molecule has 6 heteroatoms. The summed E-state index contributed by atoms with van der Waals surface area (Å²) in [5, 5.41) is 0. The molecule has 0 rings (SSSR count).